The maximum Gasteiger partial charge on any atom is 0.303 e. The first-order valence-corrected chi connectivity index (χ1v) is 5.09. The first-order valence-electron chi connectivity index (χ1n) is 5.09. The second kappa shape index (κ2) is 5.52. The highest BCUT2D eigenvalue weighted by atomic mass is 19.1. The van der Waals surface area contributed by atoms with E-state index in [2.05, 4.69) is 0 Å². The van der Waals surface area contributed by atoms with Gasteiger partial charge in [0.15, 0.2) is 5.78 Å². The molecule has 0 heterocycles. The number of carboxylic acids is 1. The van der Waals surface area contributed by atoms with Crippen molar-refractivity contribution in [3.8, 4) is 0 Å². The molecular formula is C12H12F2O3. The monoisotopic (exact) mass is 242 g/mol. The number of ketones is 1. The number of carbonyl (C=O) groups is 2. The van der Waals surface area contributed by atoms with Gasteiger partial charge < -0.3 is 5.11 Å². The van der Waals surface area contributed by atoms with Gasteiger partial charge in [-0.2, -0.15) is 0 Å². The number of halogens is 2. The van der Waals surface area contributed by atoms with E-state index in [0.29, 0.717) is 6.07 Å². The molecule has 5 heteroatoms. The van der Waals surface area contributed by atoms with Crippen LogP contribution in [0.4, 0.5) is 8.78 Å². The minimum atomic E-state index is -1.00. The molecule has 1 aromatic rings. The first-order chi connectivity index (χ1) is 7.88. The molecule has 17 heavy (non-hydrogen) atoms. The predicted octanol–water partition coefficient (Wildman–Crippen LogP) is 2.65. The van der Waals surface area contributed by atoms with E-state index in [-0.39, 0.29) is 24.3 Å². The van der Waals surface area contributed by atoms with E-state index in [4.69, 9.17) is 5.11 Å². The molecule has 0 saturated carbocycles. The minimum Gasteiger partial charge on any atom is -0.481 e. The zero-order valence-corrected chi connectivity index (χ0v) is 9.24. The molecule has 1 atom stereocenters. The van der Waals surface area contributed by atoms with Gasteiger partial charge in [0.2, 0.25) is 0 Å². The largest absolute Gasteiger partial charge is 0.481 e. The normalized spacial score (nSPS) is 12.2. The number of hydrogen-bond donors (Lipinski definition) is 1. The number of hydrogen-bond acceptors (Lipinski definition) is 2. The highest BCUT2D eigenvalue weighted by Crippen LogP contribution is 2.15. The van der Waals surface area contributed by atoms with Crippen LogP contribution in [0.5, 0.6) is 0 Å². The Labute approximate surface area is 97.1 Å². The Morgan fingerprint density at radius 3 is 2.18 bits per heavy atom. The highest BCUT2D eigenvalue weighted by molar-refractivity contribution is 5.96. The van der Waals surface area contributed by atoms with Gasteiger partial charge in [-0.3, -0.25) is 9.59 Å². The summed E-state index contributed by atoms with van der Waals surface area (Å²) in [5.41, 5.74) is -0.0697. The Hall–Kier alpha value is -1.78. The van der Waals surface area contributed by atoms with E-state index in [0.717, 1.165) is 12.1 Å². The van der Waals surface area contributed by atoms with Crippen LogP contribution in [-0.4, -0.2) is 16.9 Å². The second-order valence-corrected chi connectivity index (χ2v) is 3.99. The summed E-state index contributed by atoms with van der Waals surface area (Å²) in [5, 5.41) is 8.52. The Kier molecular flexibility index (Phi) is 4.31. The summed E-state index contributed by atoms with van der Waals surface area (Å²) in [6.07, 6.45) is -0.196. The number of carboxylic acid groups (broad SMARTS) is 1. The molecule has 0 fully saturated rings. The van der Waals surface area contributed by atoms with Crippen molar-refractivity contribution in [1.29, 1.82) is 0 Å². The molecule has 1 rings (SSSR count). The van der Waals surface area contributed by atoms with Gasteiger partial charge in [0.1, 0.15) is 11.6 Å². The van der Waals surface area contributed by atoms with E-state index < -0.39 is 23.4 Å². The smallest absolute Gasteiger partial charge is 0.303 e. The minimum absolute atomic E-state index is 0.0464. The van der Waals surface area contributed by atoms with Crippen molar-refractivity contribution >= 4 is 11.8 Å². The van der Waals surface area contributed by atoms with Crippen LogP contribution in [0.1, 0.15) is 30.1 Å². The Morgan fingerprint density at radius 2 is 1.71 bits per heavy atom. The van der Waals surface area contributed by atoms with Gasteiger partial charge in [-0.15, -0.1) is 0 Å². The number of aliphatic carboxylic acids is 1. The van der Waals surface area contributed by atoms with Crippen molar-refractivity contribution in [1.82, 2.24) is 0 Å². The maximum absolute atomic E-state index is 12.8. The molecule has 1 N–H and O–H groups in total. The summed E-state index contributed by atoms with van der Waals surface area (Å²) in [4.78, 5) is 22.0. The standard InChI is InChI=1S/C12H12F2O3/c1-7(3-12(16)17)2-11(15)8-4-9(13)6-10(14)5-8/h4-7H,2-3H2,1H3,(H,16,17). The topological polar surface area (TPSA) is 54.4 Å². The lowest BCUT2D eigenvalue weighted by Gasteiger charge is -2.07. The Balaban J connectivity index is 2.72. The summed E-state index contributed by atoms with van der Waals surface area (Å²) in [6.45, 7) is 1.60. The molecule has 0 amide bonds. The Morgan fingerprint density at radius 1 is 1.18 bits per heavy atom. The molecule has 1 aromatic carbocycles. The quantitative estimate of drug-likeness (QED) is 0.807. The zero-order valence-electron chi connectivity index (χ0n) is 9.24. The molecule has 92 valence electrons. The summed E-state index contributed by atoms with van der Waals surface area (Å²) in [5.74, 6) is -3.47. The second-order valence-electron chi connectivity index (χ2n) is 3.99. The van der Waals surface area contributed by atoms with Gasteiger partial charge >= 0.3 is 5.97 Å². The molecule has 3 nitrogen and oxygen atoms in total. The first kappa shape index (κ1) is 13.3. The fourth-order valence-corrected chi connectivity index (χ4v) is 1.52. The fourth-order valence-electron chi connectivity index (χ4n) is 1.52. The summed E-state index contributed by atoms with van der Waals surface area (Å²) >= 11 is 0. The highest BCUT2D eigenvalue weighted by Gasteiger charge is 2.15. The average molecular weight is 242 g/mol. The van der Waals surface area contributed by atoms with Crippen molar-refractivity contribution in [3.63, 3.8) is 0 Å². The van der Waals surface area contributed by atoms with Gasteiger partial charge in [-0.1, -0.05) is 6.92 Å². The van der Waals surface area contributed by atoms with Crippen LogP contribution in [0.15, 0.2) is 18.2 Å². The van der Waals surface area contributed by atoms with Crippen LogP contribution >= 0.6 is 0 Å². The molecule has 0 aliphatic heterocycles. The van der Waals surface area contributed by atoms with Gasteiger partial charge in [0, 0.05) is 24.5 Å². The Bertz CT molecular complexity index is 423. The lowest BCUT2D eigenvalue weighted by Crippen LogP contribution is -2.10. The third kappa shape index (κ3) is 4.30. The van der Waals surface area contributed by atoms with Crippen LogP contribution < -0.4 is 0 Å². The van der Waals surface area contributed by atoms with E-state index in [9.17, 15) is 18.4 Å². The molecule has 0 aromatic heterocycles. The summed E-state index contributed by atoms with van der Waals surface area (Å²) < 4.78 is 25.7. The van der Waals surface area contributed by atoms with Crippen LogP contribution in [0.2, 0.25) is 0 Å². The lowest BCUT2D eigenvalue weighted by atomic mass is 9.97. The van der Waals surface area contributed by atoms with Gasteiger partial charge in [0.05, 0.1) is 0 Å². The van der Waals surface area contributed by atoms with E-state index in [1.807, 2.05) is 0 Å². The van der Waals surface area contributed by atoms with E-state index >= 15 is 0 Å². The fraction of sp³-hybridized carbons (Fsp3) is 0.333. The van der Waals surface area contributed by atoms with Crippen molar-refractivity contribution in [2.24, 2.45) is 5.92 Å². The van der Waals surface area contributed by atoms with E-state index in [1.54, 1.807) is 6.92 Å². The van der Waals surface area contributed by atoms with Crippen molar-refractivity contribution in [2.45, 2.75) is 19.8 Å². The molecule has 0 saturated heterocycles. The SMILES string of the molecule is CC(CC(=O)O)CC(=O)c1cc(F)cc(F)c1. The van der Waals surface area contributed by atoms with Crippen LogP contribution in [0.25, 0.3) is 0 Å². The maximum atomic E-state index is 12.8. The number of benzene rings is 1. The lowest BCUT2D eigenvalue weighted by molar-refractivity contribution is -0.137. The number of Topliss-reactive ketones (excluding diaryl/α,β-unsaturated/α-hetero) is 1. The van der Waals surface area contributed by atoms with Gasteiger partial charge in [-0.25, -0.2) is 8.78 Å². The summed E-state index contributed by atoms with van der Waals surface area (Å²) in [6, 6.07) is 2.56. The van der Waals surface area contributed by atoms with Crippen LogP contribution in [0.3, 0.4) is 0 Å². The van der Waals surface area contributed by atoms with Crippen molar-refractivity contribution < 1.29 is 23.5 Å². The molecule has 0 aliphatic rings. The van der Waals surface area contributed by atoms with Crippen LogP contribution in [-0.2, 0) is 4.79 Å². The molecule has 0 radical (unpaired) electrons. The van der Waals surface area contributed by atoms with Gasteiger partial charge in [-0.05, 0) is 18.1 Å². The van der Waals surface area contributed by atoms with Gasteiger partial charge in [0.25, 0.3) is 0 Å². The summed E-state index contributed by atoms with van der Waals surface area (Å²) in [7, 11) is 0. The van der Waals surface area contributed by atoms with E-state index in [1.165, 1.54) is 0 Å². The molecule has 0 spiro atoms. The zero-order chi connectivity index (χ0) is 13.0. The molecule has 0 aliphatic carbocycles. The average Bonchev–Trinajstić information content (AvgIpc) is 2.14. The van der Waals surface area contributed by atoms with Crippen molar-refractivity contribution in [2.75, 3.05) is 0 Å². The molecular weight excluding hydrogens is 230 g/mol. The third-order valence-electron chi connectivity index (χ3n) is 2.24. The number of carbonyl (C=O) groups excluding carboxylic acids is 1. The van der Waals surface area contributed by atoms with Crippen LogP contribution in [0, 0.1) is 17.6 Å². The molecule has 1 unspecified atom stereocenters. The van der Waals surface area contributed by atoms with Crippen molar-refractivity contribution in [3.05, 3.63) is 35.4 Å². The third-order valence-corrected chi connectivity index (χ3v) is 2.24. The number of rotatable bonds is 5. The predicted molar refractivity (Wildman–Crippen MR) is 56.7 cm³/mol. The molecule has 0 bridgehead atoms.